The molecule has 0 amide bonds. The zero-order valence-electron chi connectivity index (χ0n) is 18.4. The van der Waals surface area contributed by atoms with Gasteiger partial charge in [0.05, 0.1) is 6.42 Å². The van der Waals surface area contributed by atoms with E-state index in [1.165, 1.54) is 6.08 Å². The number of carboxylic acid groups (broad SMARTS) is 2. The standard InChI is InChI=1S/C13H14N2O2.C10H10O2.C3H6/c1-2-11(13(16)17)15-12(14)9-8-10-6-4-3-5-7-10;11-10(12)8-4-7-9-5-2-1-3-6-9;1-3-2/h2-9H,1H3,(H2,14,15)(H,16,17);1-7H,8H2,(H,11,12);3H,1H2,2H3/b9-8+,11-2-;7-4+;. The lowest BCUT2D eigenvalue weighted by Gasteiger charge is -1.95. The largest absolute Gasteiger partial charge is 0.481 e. The molecule has 0 radical (unpaired) electrons. The van der Waals surface area contributed by atoms with E-state index in [1.54, 1.807) is 37.3 Å². The van der Waals surface area contributed by atoms with Gasteiger partial charge < -0.3 is 15.9 Å². The van der Waals surface area contributed by atoms with Gasteiger partial charge in [-0.2, -0.15) is 0 Å². The minimum absolute atomic E-state index is 0.0692. The Morgan fingerprint density at radius 3 is 1.81 bits per heavy atom. The molecule has 0 saturated carbocycles. The summed E-state index contributed by atoms with van der Waals surface area (Å²) >= 11 is 0. The molecule has 0 saturated heterocycles. The molecule has 2 aromatic carbocycles. The van der Waals surface area contributed by atoms with E-state index in [4.69, 9.17) is 15.9 Å². The molecule has 32 heavy (non-hydrogen) atoms. The highest BCUT2D eigenvalue weighted by Gasteiger charge is 2.03. The molecular formula is C26H30N2O4. The Morgan fingerprint density at radius 2 is 1.41 bits per heavy atom. The predicted molar refractivity (Wildman–Crippen MR) is 132 cm³/mol. The normalized spacial score (nSPS) is 11.2. The first-order valence-electron chi connectivity index (χ1n) is 9.81. The molecule has 6 nitrogen and oxygen atoms in total. The lowest BCUT2D eigenvalue weighted by Crippen LogP contribution is -2.10. The molecule has 0 aliphatic carbocycles. The van der Waals surface area contributed by atoms with Crippen LogP contribution in [0.25, 0.3) is 12.2 Å². The Hall–Kier alpha value is -4.19. The first-order valence-corrected chi connectivity index (χ1v) is 9.81. The van der Waals surface area contributed by atoms with Crippen molar-refractivity contribution in [2.24, 2.45) is 10.7 Å². The predicted octanol–water partition coefficient (Wildman–Crippen LogP) is 5.41. The van der Waals surface area contributed by atoms with Crippen molar-refractivity contribution < 1.29 is 19.8 Å². The van der Waals surface area contributed by atoms with E-state index in [0.29, 0.717) is 0 Å². The molecule has 0 unspecified atom stereocenters. The average molecular weight is 435 g/mol. The Balaban J connectivity index is 0.000000559. The van der Waals surface area contributed by atoms with Gasteiger partial charge in [-0.15, -0.1) is 6.58 Å². The SMILES string of the molecule is C=CC.C\C=C(/N=C(N)\C=C\c1ccccc1)C(=O)O.O=C(O)C/C=C/c1ccccc1. The summed E-state index contributed by atoms with van der Waals surface area (Å²) in [5, 5.41) is 17.1. The highest BCUT2D eigenvalue weighted by atomic mass is 16.4. The fraction of sp³-hybridized carbons (Fsp3) is 0.115. The lowest BCUT2D eigenvalue weighted by molar-refractivity contribution is -0.136. The number of allylic oxidation sites excluding steroid dienone is 2. The molecule has 0 atom stereocenters. The Morgan fingerprint density at radius 1 is 0.938 bits per heavy atom. The van der Waals surface area contributed by atoms with Crippen LogP contribution in [0, 0.1) is 0 Å². The maximum absolute atomic E-state index is 10.7. The van der Waals surface area contributed by atoms with Crippen LogP contribution in [0.1, 0.15) is 31.4 Å². The molecule has 0 bridgehead atoms. The molecule has 6 heteroatoms. The number of carboxylic acids is 2. The van der Waals surface area contributed by atoms with Gasteiger partial charge in [0.25, 0.3) is 0 Å². The van der Waals surface area contributed by atoms with Gasteiger partial charge in [0, 0.05) is 0 Å². The summed E-state index contributed by atoms with van der Waals surface area (Å²) in [6.45, 7) is 6.85. The van der Waals surface area contributed by atoms with Crippen LogP contribution in [-0.2, 0) is 9.59 Å². The van der Waals surface area contributed by atoms with Crippen LogP contribution < -0.4 is 5.73 Å². The molecule has 0 heterocycles. The van der Waals surface area contributed by atoms with Crippen molar-refractivity contribution in [1.29, 1.82) is 0 Å². The number of hydrogen-bond donors (Lipinski definition) is 3. The van der Waals surface area contributed by atoms with Gasteiger partial charge in [0.2, 0.25) is 0 Å². The van der Waals surface area contributed by atoms with E-state index in [1.807, 2.05) is 67.6 Å². The third-order valence-electron chi connectivity index (χ3n) is 3.39. The second kappa shape index (κ2) is 17.7. The van der Waals surface area contributed by atoms with Gasteiger partial charge in [-0.1, -0.05) is 91.0 Å². The number of amidine groups is 1. The molecular weight excluding hydrogens is 404 g/mol. The van der Waals surface area contributed by atoms with E-state index in [2.05, 4.69) is 11.6 Å². The van der Waals surface area contributed by atoms with Crippen LogP contribution in [-0.4, -0.2) is 28.0 Å². The highest BCUT2D eigenvalue weighted by Crippen LogP contribution is 2.02. The first-order chi connectivity index (χ1) is 15.3. The Bertz CT molecular complexity index is 944. The van der Waals surface area contributed by atoms with Crippen LogP contribution in [0.2, 0.25) is 0 Å². The van der Waals surface area contributed by atoms with E-state index >= 15 is 0 Å². The maximum Gasteiger partial charge on any atom is 0.354 e. The number of nitrogens with zero attached hydrogens (tertiary/aromatic N) is 1. The van der Waals surface area contributed by atoms with Gasteiger partial charge in [-0.3, -0.25) is 4.79 Å². The van der Waals surface area contributed by atoms with E-state index in [-0.39, 0.29) is 18.0 Å². The van der Waals surface area contributed by atoms with Crippen molar-refractivity contribution in [2.45, 2.75) is 20.3 Å². The van der Waals surface area contributed by atoms with Crippen molar-refractivity contribution >= 4 is 29.9 Å². The van der Waals surface area contributed by atoms with Crippen molar-refractivity contribution in [3.63, 3.8) is 0 Å². The molecule has 0 aliphatic heterocycles. The minimum Gasteiger partial charge on any atom is -0.481 e. The average Bonchev–Trinajstić information content (AvgIpc) is 2.78. The fourth-order valence-corrected chi connectivity index (χ4v) is 2.02. The highest BCUT2D eigenvalue weighted by molar-refractivity contribution is 5.99. The molecule has 2 aromatic rings. The second-order valence-electron chi connectivity index (χ2n) is 6.08. The van der Waals surface area contributed by atoms with E-state index in [0.717, 1.165) is 11.1 Å². The van der Waals surface area contributed by atoms with Crippen LogP contribution in [0.5, 0.6) is 0 Å². The summed E-state index contributed by atoms with van der Waals surface area (Å²) < 4.78 is 0. The van der Waals surface area contributed by atoms with Gasteiger partial charge in [0.15, 0.2) is 0 Å². The van der Waals surface area contributed by atoms with Gasteiger partial charge in [-0.25, -0.2) is 9.79 Å². The lowest BCUT2D eigenvalue weighted by atomic mass is 10.2. The van der Waals surface area contributed by atoms with E-state index in [9.17, 15) is 9.59 Å². The van der Waals surface area contributed by atoms with Gasteiger partial charge in [-0.05, 0) is 31.1 Å². The Labute approximate surface area is 189 Å². The third-order valence-corrected chi connectivity index (χ3v) is 3.39. The molecule has 0 aromatic heterocycles. The fourth-order valence-electron chi connectivity index (χ4n) is 2.02. The molecule has 0 aliphatic rings. The quantitative estimate of drug-likeness (QED) is 0.233. The summed E-state index contributed by atoms with van der Waals surface area (Å²) in [6, 6.07) is 19.2. The molecule has 168 valence electrons. The van der Waals surface area contributed by atoms with Crippen molar-refractivity contribution in [3.8, 4) is 0 Å². The van der Waals surface area contributed by atoms with Crippen molar-refractivity contribution in [2.75, 3.05) is 0 Å². The number of rotatable bonds is 7. The number of hydrogen-bond acceptors (Lipinski definition) is 3. The summed E-state index contributed by atoms with van der Waals surface area (Å²) in [5.74, 6) is -1.74. The zero-order chi connectivity index (χ0) is 24.2. The van der Waals surface area contributed by atoms with Crippen LogP contribution in [0.15, 0.2) is 102 Å². The molecule has 0 spiro atoms. The number of carbonyl (C=O) groups is 2. The van der Waals surface area contributed by atoms with Crippen molar-refractivity contribution in [1.82, 2.24) is 0 Å². The van der Waals surface area contributed by atoms with Crippen molar-refractivity contribution in [3.05, 3.63) is 108 Å². The first kappa shape index (κ1) is 27.8. The summed E-state index contributed by atoms with van der Waals surface area (Å²) in [6.07, 6.45) is 10.0. The third kappa shape index (κ3) is 14.8. The van der Waals surface area contributed by atoms with Gasteiger partial charge >= 0.3 is 11.9 Å². The summed E-state index contributed by atoms with van der Waals surface area (Å²) in [5.41, 5.74) is 7.53. The maximum atomic E-state index is 10.7. The van der Waals surface area contributed by atoms with Crippen LogP contribution in [0.3, 0.4) is 0 Å². The summed E-state index contributed by atoms with van der Waals surface area (Å²) in [7, 11) is 0. The second-order valence-corrected chi connectivity index (χ2v) is 6.08. The zero-order valence-corrected chi connectivity index (χ0v) is 18.4. The monoisotopic (exact) mass is 434 g/mol. The number of aliphatic carboxylic acids is 2. The molecule has 4 N–H and O–H groups in total. The number of aliphatic imine (C=N–C) groups is 1. The smallest absolute Gasteiger partial charge is 0.354 e. The minimum atomic E-state index is -1.09. The van der Waals surface area contributed by atoms with Crippen LogP contribution >= 0.6 is 0 Å². The number of benzene rings is 2. The molecule has 0 fully saturated rings. The van der Waals surface area contributed by atoms with Gasteiger partial charge in [0.1, 0.15) is 11.5 Å². The molecule has 2 rings (SSSR count). The van der Waals surface area contributed by atoms with Crippen LogP contribution in [0.4, 0.5) is 0 Å². The summed E-state index contributed by atoms with van der Waals surface area (Å²) in [4.78, 5) is 24.6. The topological polar surface area (TPSA) is 113 Å². The Kier molecular flexibility index (Phi) is 15.3. The van der Waals surface area contributed by atoms with E-state index < -0.39 is 11.9 Å². The number of nitrogens with two attached hydrogens (primary N) is 1.